The van der Waals surface area contributed by atoms with Gasteiger partial charge in [0, 0.05) is 6.42 Å². The number of nitrogen functional groups attached to an aromatic ring is 1. The van der Waals surface area contributed by atoms with Crippen LogP contribution < -0.4 is 5.73 Å². The third-order valence-corrected chi connectivity index (χ3v) is 2.47. The number of furan rings is 1. The molecular weight excluding hydrogens is 218 g/mol. The number of aromatic nitrogens is 2. The van der Waals surface area contributed by atoms with Crippen molar-refractivity contribution in [2.24, 2.45) is 0 Å². The Hall–Kier alpha value is -2.30. The molecule has 0 saturated heterocycles. The van der Waals surface area contributed by atoms with Crippen LogP contribution in [0.3, 0.4) is 0 Å². The fraction of sp³-hybridized carbons (Fsp3) is 0.167. The summed E-state index contributed by atoms with van der Waals surface area (Å²) in [6.07, 6.45) is 4.49. The van der Waals surface area contributed by atoms with E-state index in [4.69, 9.17) is 14.9 Å². The molecule has 2 aromatic heterocycles. The van der Waals surface area contributed by atoms with E-state index in [-0.39, 0.29) is 5.95 Å². The molecule has 5 nitrogen and oxygen atoms in total. The monoisotopic (exact) mass is 229 g/mol. The minimum Gasteiger partial charge on any atom is -0.491 e. The molecule has 0 aliphatic carbocycles. The van der Waals surface area contributed by atoms with Crippen molar-refractivity contribution >= 4 is 11.7 Å². The lowest BCUT2D eigenvalue weighted by Gasteiger charge is -2.05. The third kappa shape index (κ3) is 1.87. The largest absolute Gasteiger partial charge is 0.491 e. The zero-order chi connectivity index (χ0) is 11.7. The molecular formula is C12H11N3O2. The maximum atomic E-state index is 5.69. The normalized spacial score (nSPS) is 14.5. The second-order valence-electron chi connectivity index (χ2n) is 3.68. The average molecular weight is 229 g/mol. The van der Waals surface area contributed by atoms with Gasteiger partial charge in [-0.2, -0.15) is 0 Å². The van der Waals surface area contributed by atoms with Crippen LogP contribution in [0, 0.1) is 0 Å². The van der Waals surface area contributed by atoms with Crippen LogP contribution in [0.1, 0.15) is 12.1 Å². The summed E-state index contributed by atoms with van der Waals surface area (Å²) in [5, 5.41) is 0. The minimum absolute atomic E-state index is 0.213. The molecule has 0 atom stereocenters. The van der Waals surface area contributed by atoms with Crippen molar-refractivity contribution < 1.29 is 9.15 Å². The minimum atomic E-state index is 0.213. The lowest BCUT2D eigenvalue weighted by atomic mass is 10.2. The van der Waals surface area contributed by atoms with Crippen molar-refractivity contribution in [3.63, 3.8) is 0 Å². The van der Waals surface area contributed by atoms with Gasteiger partial charge >= 0.3 is 0 Å². The molecule has 17 heavy (non-hydrogen) atoms. The summed E-state index contributed by atoms with van der Waals surface area (Å²) in [4.78, 5) is 8.30. The molecule has 0 spiro atoms. The molecule has 5 heteroatoms. The number of nitrogens with two attached hydrogens (primary N) is 1. The molecule has 0 saturated carbocycles. The highest BCUT2D eigenvalue weighted by Crippen LogP contribution is 2.25. The summed E-state index contributed by atoms with van der Waals surface area (Å²) in [5.41, 5.74) is 7.04. The van der Waals surface area contributed by atoms with E-state index in [1.54, 1.807) is 12.3 Å². The van der Waals surface area contributed by atoms with Crippen molar-refractivity contribution in [1.29, 1.82) is 0 Å². The van der Waals surface area contributed by atoms with Crippen LogP contribution in [-0.2, 0) is 4.74 Å². The second-order valence-corrected chi connectivity index (χ2v) is 3.68. The molecule has 3 heterocycles. The van der Waals surface area contributed by atoms with E-state index >= 15 is 0 Å². The summed E-state index contributed by atoms with van der Waals surface area (Å²) in [5.74, 6) is 1.64. The van der Waals surface area contributed by atoms with Gasteiger partial charge in [0.25, 0.3) is 0 Å². The second kappa shape index (κ2) is 3.93. The van der Waals surface area contributed by atoms with Gasteiger partial charge in [0.1, 0.15) is 17.1 Å². The van der Waals surface area contributed by atoms with E-state index < -0.39 is 0 Å². The van der Waals surface area contributed by atoms with Crippen LogP contribution in [0.4, 0.5) is 5.95 Å². The fourth-order valence-corrected chi connectivity index (χ4v) is 1.74. The zero-order valence-electron chi connectivity index (χ0n) is 9.09. The van der Waals surface area contributed by atoms with Crippen LogP contribution >= 0.6 is 0 Å². The van der Waals surface area contributed by atoms with Crippen LogP contribution in [-0.4, -0.2) is 16.6 Å². The van der Waals surface area contributed by atoms with Gasteiger partial charge in [-0.05, 0) is 24.3 Å². The first-order chi connectivity index (χ1) is 8.33. The Kier molecular flexibility index (Phi) is 2.29. The van der Waals surface area contributed by atoms with E-state index in [1.807, 2.05) is 18.2 Å². The quantitative estimate of drug-likeness (QED) is 0.853. The highest BCUT2D eigenvalue weighted by Gasteiger charge is 2.13. The van der Waals surface area contributed by atoms with Gasteiger partial charge in [0.05, 0.1) is 12.9 Å². The van der Waals surface area contributed by atoms with E-state index in [0.29, 0.717) is 23.8 Å². The Morgan fingerprint density at radius 3 is 2.82 bits per heavy atom. The van der Waals surface area contributed by atoms with E-state index in [0.717, 1.165) is 12.2 Å². The molecule has 3 rings (SSSR count). The van der Waals surface area contributed by atoms with Gasteiger partial charge in [0.15, 0.2) is 5.76 Å². The third-order valence-electron chi connectivity index (χ3n) is 2.47. The molecule has 1 aliphatic heterocycles. The number of nitrogens with zero attached hydrogens (tertiary/aromatic N) is 2. The molecule has 2 N–H and O–H groups in total. The Morgan fingerprint density at radius 2 is 2.12 bits per heavy atom. The molecule has 0 fully saturated rings. The fourth-order valence-electron chi connectivity index (χ4n) is 1.74. The number of ether oxygens (including phenoxy) is 1. The van der Waals surface area contributed by atoms with Gasteiger partial charge in [-0.1, -0.05) is 0 Å². The Bertz CT molecular complexity index is 561. The first-order valence-electron chi connectivity index (χ1n) is 5.35. The molecule has 0 unspecified atom stereocenters. The Labute approximate surface area is 97.9 Å². The van der Waals surface area contributed by atoms with E-state index in [1.165, 1.54) is 0 Å². The van der Waals surface area contributed by atoms with Crippen molar-refractivity contribution in [3.05, 3.63) is 36.2 Å². The lowest BCUT2D eigenvalue weighted by molar-refractivity contribution is 0.306. The molecule has 0 amide bonds. The standard InChI is InChI=1S/C12H11N3O2/c13-12-14-8(10-3-1-5-16-10)7-9(15-12)11-4-2-6-17-11/h1,3-5,7H,2,6H2,(H2,13,14,15). The summed E-state index contributed by atoms with van der Waals surface area (Å²) in [6, 6.07) is 5.44. The van der Waals surface area contributed by atoms with Crippen LogP contribution in [0.5, 0.6) is 0 Å². The SMILES string of the molecule is Nc1nc(C2=CCCO2)cc(-c2ccco2)n1. The van der Waals surface area contributed by atoms with Gasteiger partial charge in [-0.15, -0.1) is 0 Å². The number of rotatable bonds is 2. The summed E-state index contributed by atoms with van der Waals surface area (Å²) in [7, 11) is 0. The molecule has 0 radical (unpaired) electrons. The van der Waals surface area contributed by atoms with Crippen molar-refractivity contribution in [1.82, 2.24) is 9.97 Å². The van der Waals surface area contributed by atoms with Crippen molar-refractivity contribution in [2.45, 2.75) is 6.42 Å². The van der Waals surface area contributed by atoms with Crippen LogP contribution in [0.15, 0.2) is 35.0 Å². The Morgan fingerprint density at radius 1 is 1.24 bits per heavy atom. The van der Waals surface area contributed by atoms with E-state index in [2.05, 4.69) is 9.97 Å². The maximum absolute atomic E-state index is 5.69. The lowest BCUT2D eigenvalue weighted by Crippen LogP contribution is -2.00. The molecule has 2 aromatic rings. The average Bonchev–Trinajstić information content (AvgIpc) is 3.02. The van der Waals surface area contributed by atoms with Gasteiger partial charge < -0.3 is 14.9 Å². The zero-order valence-corrected chi connectivity index (χ0v) is 9.09. The topological polar surface area (TPSA) is 74.2 Å². The van der Waals surface area contributed by atoms with Gasteiger partial charge in [-0.3, -0.25) is 0 Å². The number of hydrogen-bond acceptors (Lipinski definition) is 5. The van der Waals surface area contributed by atoms with Crippen molar-refractivity contribution in [3.8, 4) is 11.5 Å². The first kappa shape index (κ1) is 9.89. The van der Waals surface area contributed by atoms with Crippen LogP contribution in [0.25, 0.3) is 17.2 Å². The smallest absolute Gasteiger partial charge is 0.221 e. The highest BCUT2D eigenvalue weighted by molar-refractivity contribution is 5.64. The predicted octanol–water partition coefficient (Wildman–Crippen LogP) is 2.08. The summed E-state index contributed by atoms with van der Waals surface area (Å²) < 4.78 is 10.7. The first-order valence-corrected chi connectivity index (χ1v) is 5.35. The predicted molar refractivity (Wildman–Crippen MR) is 62.7 cm³/mol. The van der Waals surface area contributed by atoms with Crippen LogP contribution in [0.2, 0.25) is 0 Å². The van der Waals surface area contributed by atoms with Gasteiger partial charge in [-0.25, -0.2) is 9.97 Å². The highest BCUT2D eigenvalue weighted by atomic mass is 16.5. The molecule has 0 aromatic carbocycles. The van der Waals surface area contributed by atoms with Crippen molar-refractivity contribution in [2.75, 3.05) is 12.3 Å². The summed E-state index contributed by atoms with van der Waals surface area (Å²) >= 11 is 0. The number of anilines is 1. The number of hydrogen-bond donors (Lipinski definition) is 1. The van der Waals surface area contributed by atoms with Gasteiger partial charge in [0.2, 0.25) is 5.95 Å². The summed E-state index contributed by atoms with van der Waals surface area (Å²) in [6.45, 7) is 0.690. The molecule has 86 valence electrons. The maximum Gasteiger partial charge on any atom is 0.221 e. The molecule has 1 aliphatic rings. The Balaban J connectivity index is 2.06. The molecule has 0 bridgehead atoms. The van der Waals surface area contributed by atoms with E-state index in [9.17, 15) is 0 Å².